The molecule has 1 aliphatic heterocycles. The lowest BCUT2D eigenvalue weighted by Crippen LogP contribution is -1.95. The topological polar surface area (TPSA) is 41.8 Å². The third kappa shape index (κ3) is 1.71. The Morgan fingerprint density at radius 2 is 2.44 bits per heavy atom. The van der Waals surface area contributed by atoms with Crippen LogP contribution in [-0.2, 0) is 0 Å². The molecule has 9 heavy (non-hydrogen) atoms. The number of urea groups is 1. The maximum Gasteiger partial charge on any atom is 0.367 e. The van der Waals surface area contributed by atoms with Crippen molar-refractivity contribution in [1.82, 2.24) is 0 Å². The average molecular weight is 189 g/mol. The van der Waals surface area contributed by atoms with E-state index in [2.05, 4.69) is 25.9 Å². The first-order chi connectivity index (χ1) is 4.33. The standard InChI is InChI=1S/C5H5BrN2O/c6-2-1-4-3-7-5(9)8-4/h3H,1-2H2. The van der Waals surface area contributed by atoms with Crippen molar-refractivity contribution >= 4 is 33.9 Å². The lowest BCUT2D eigenvalue weighted by Gasteiger charge is -1.84. The van der Waals surface area contributed by atoms with Gasteiger partial charge in [0.1, 0.15) is 0 Å². The molecule has 1 rings (SSSR count). The molecule has 0 N–H and O–H groups in total. The van der Waals surface area contributed by atoms with E-state index in [0.717, 1.165) is 17.5 Å². The van der Waals surface area contributed by atoms with Crippen LogP contribution in [0.5, 0.6) is 0 Å². The highest BCUT2D eigenvalue weighted by Crippen LogP contribution is 1.97. The number of halogens is 1. The average Bonchev–Trinajstić information content (AvgIpc) is 2.17. The third-order valence-corrected chi connectivity index (χ3v) is 1.31. The van der Waals surface area contributed by atoms with E-state index in [1.807, 2.05) is 0 Å². The van der Waals surface area contributed by atoms with Gasteiger partial charge in [-0.2, -0.15) is 9.98 Å². The Labute approximate surface area is 61.0 Å². The first-order valence-electron chi connectivity index (χ1n) is 2.54. The second-order valence-corrected chi connectivity index (χ2v) is 2.38. The number of hydrogen-bond donors (Lipinski definition) is 0. The van der Waals surface area contributed by atoms with Crippen LogP contribution in [0.15, 0.2) is 9.98 Å². The zero-order valence-electron chi connectivity index (χ0n) is 4.67. The molecular weight excluding hydrogens is 184 g/mol. The van der Waals surface area contributed by atoms with Crippen molar-refractivity contribution in [2.24, 2.45) is 9.98 Å². The van der Waals surface area contributed by atoms with Gasteiger partial charge in [-0.1, -0.05) is 15.9 Å². The van der Waals surface area contributed by atoms with E-state index in [0.29, 0.717) is 0 Å². The van der Waals surface area contributed by atoms with E-state index < -0.39 is 0 Å². The molecule has 0 saturated heterocycles. The van der Waals surface area contributed by atoms with E-state index in [-0.39, 0.29) is 6.03 Å². The molecule has 0 aromatic rings. The summed E-state index contributed by atoms with van der Waals surface area (Å²) >= 11 is 3.23. The van der Waals surface area contributed by atoms with Crippen LogP contribution in [-0.4, -0.2) is 23.3 Å². The van der Waals surface area contributed by atoms with Crippen LogP contribution >= 0.6 is 15.9 Å². The summed E-state index contributed by atoms with van der Waals surface area (Å²) in [5, 5.41) is 0.825. The molecule has 0 aromatic heterocycles. The number of alkyl halides is 1. The SMILES string of the molecule is O=C1N=CC(CCBr)=N1. The maximum absolute atomic E-state index is 10.3. The normalized spacial score (nSPS) is 16.6. The maximum atomic E-state index is 10.3. The highest BCUT2D eigenvalue weighted by atomic mass is 79.9. The first-order valence-corrected chi connectivity index (χ1v) is 3.66. The van der Waals surface area contributed by atoms with Crippen molar-refractivity contribution in [2.45, 2.75) is 6.42 Å². The van der Waals surface area contributed by atoms with Gasteiger partial charge in [0.25, 0.3) is 0 Å². The van der Waals surface area contributed by atoms with E-state index in [1.54, 1.807) is 0 Å². The van der Waals surface area contributed by atoms with Crippen LogP contribution in [0.3, 0.4) is 0 Å². The summed E-state index contributed by atoms with van der Waals surface area (Å²) in [5.74, 6) is 0. The Kier molecular flexibility index (Phi) is 2.10. The molecule has 3 nitrogen and oxygen atoms in total. The van der Waals surface area contributed by atoms with Crippen molar-refractivity contribution in [2.75, 3.05) is 5.33 Å². The molecule has 0 saturated carbocycles. The van der Waals surface area contributed by atoms with E-state index in [1.165, 1.54) is 6.21 Å². The summed E-state index contributed by atoms with van der Waals surface area (Å²) < 4.78 is 0. The van der Waals surface area contributed by atoms with Crippen LogP contribution in [0, 0.1) is 0 Å². The van der Waals surface area contributed by atoms with Gasteiger partial charge in [0, 0.05) is 11.8 Å². The Morgan fingerprint density at radius 3 is 2.89 bits per heavy atom. The number of amides is 2. The predicted octanol–water partition coefficient (Wildman–Crippen LogP) is 1.42. The van der Waals surface area contributed by atoms with Crippen LogP contribution in [0.2, 0.25) is 0 Å². The van der Waals surface area contributed by atoms with Gasteiger partial charge < -0.3 is 0 Å². The number of nitrogens with zero attached hydrogens (tertiary/aromatic N) is 2. The van der Waals surface area contributed by atoms with Gasteiger partial charge in [0.05, 0.1) is 11.9 Å². The molecule has 0 radical (unpaired) electrons. The van der Waals surface area contributed by atoms with E-state index >= 15 is 0 Å². The fraction of sp³-hybridized carbons (Fsp3) is 0.400. The minimum Gasteiger partial charge on any atom is -0.244 e. The summed E-state index contributed by atoms with van der Waals surface area (Å²) in [7, 11) is 0. The Morgan fingerprint density at radius 1 is 1.67 bits per heavy atom. The van der Waals surface area contributed by atoms with E-state index in [4.69, 9.17) is 0 Å². The molecule has 48 valence electrons. The van der Waals surface area contributed by atoms with Crippen LogP contribution < -0.4 is 0 Å². The fourth-order valence-electron chi connectivity index (χ4n) is 0.528. The quantitative estimate of drug-likeness (QED) is 0.605. The molecule has 0 unspecified atom stereocenters. The minimum absolute atomic E-state index is 0.383. The lowest BCUT2D eigenvalue weighted by atomic mass is 10.3. The zero-order chi connectivity index (χ0) is 6.69. The predicted molar refractivity (Wildman–Crippen MR) is 39.7 cm³/mol. The molecule has 0 aromatic carbocycles. The summed E-state index contributed by atoms with van der Waals surface area (Å²) in [6.45, 7) is 0. The first kappa shape index (κ1) is 6.61. The molecule has 0 atom stereocenters. The molecule has 1 heterocycles. The van der Waals surface area contributed by atoms with Gasteiger partial charge in [-0.3, -0.25) is 0 Å². The zero-order valence-corrected chi connectivity index (χ0v) is 6.26. The van der Waals surface area contributed by atoms with Gasteiger partial charge in [0.15, 0.2) is 0 Å². The highest BCUT2D eigenvalue weighted by molar-refractivity contribution is 9.09. The Bertz CT molecular complexity index is 185. The minimum atomic E-state index is -0.383. The Hall–Kier alpha value is -0.510. The Balaban J connectivity index is 2.53. The van der Waals surface area contributed by atoms with Crippen molar-refractivity contribution in [3.05, 3.63) is 0 Å². The second kappa shape index (κ2) is 2.87. The van der Waals surface area contributed by atoms with Gasteiger partial charge in [-0.25, -0.2) is 4.79 Å². The van der Waals surface area contributed by atoms with Crippen LogP contribution in [0.25, 0.3) is 0 Å². The number of carbonyl (C=O) groups excluding carboxylic acids is 1. The number of rotatable bonds is 2. The van der Waals surface area contributed by atoms with Gasteiger partial charge in [0.2, 0.25) is 0 Å². The molecule has 0 spiro atoms. The highest BCUT2D eigenvalue weighted by Gasteiger charge is 2.05. The number of hydrogen-bond acceptors (Lipinski definition) is 1. The molecular formula is C5H5BrN2O. The smallest absolute Gasteiger partial charge is 0.244 e. The monoisotopic (exact) mass is 188 g/mol. The van der Waals surface area contributed by atoms with Gasteiger partial charge >= 0.3 is 6.03 Å². The van der Waals surface area contributed by atoms with Crippen LogP contribution in [0.4, 0.5) is 4.79 Å². The molecule has 0 aliphatic carbocycles. The summed E-state index contributed by atoms with van der Waals surface area (Å²) in [5.41, 5.74) is 0.761. The second-order valence-electron chi connectivity index (χ2n) is 1.58. The fourth-order valence-corrected chi connectivity index (χ4v) is 0.934. The van der Waals surface area contributed by atoms with E-state index in [9.17, 15) is 4.79 Å². The van der Waals surface area contributed by atoms with Crippen molar-refractivity contribution in [3.63, 3.8) is 0 Å². The number of aliphatic imine (C=N–C) groups is 2. The van der Waals surface area contributed by atoms with Crippen molar-refractivity contribution in [3.8, 4) is 0 Å². The lowest BCUT2D eigenvalue weighted by molar-refractivity contribution is 0.257. The number of carbonyl (C=O) groups is 1. The van der Waals surface area contributed by atoms with Crippen LogP contribution in [0.1, 0.15) is 6.42 Å². The van der Waals surface area contributed by atoms with Gasteiger partial charge in [-0.15, -0.1) is 0 Å². The summed E-state index contributed by atoms with van der Waals surface area (Å²) in [4.78, 5) is 17.4. The van der Waals surface area contributed by atoms with Gasteiger partial charge in [-0.05, 0) is 0 Å². The molecule has 4 heteroatoms. The summed E-state index contributed by atoms with van der Waals surface area (Å²) in [6.07, 6.45) is 2.28. The summed E-state index contributed by atoms with van der Waals surface area (Å²) in [6, 6.07) is -0.383. The van der Waals surface area contributed by atoms with Crippen molar-refractivity contribution < 1.29 is 4.79 Å². The molecule has 1 aliphatic rings. The largest absolute Gasteiger partial charge is 0.367 e. The molecule has 0 fully saturated rings. The van der Waals surface area contributed by atoms with Crippen molar-refractivity contribution in [1.29, 1.82) is 0 Å². The molecule has 0 bridgehead atoms. The third-order valence-electron chi connectivity index (χ3n) is 0.914. The molecule has 2 amide bonds.